The summed E-state index contributed by atoms with van der Waals surface area (Å²) >= 11 is 1.46. The molecule has 0 aliphatic rings. The Morgan fingerprint density at radius 3 is 2.10 bits per heavy atom. The maximum atomic E-state index is 12.5. The van der Waals surface area contributed by atoms with Crippen LogP contribution in [0.5, 0.6) is 5.75 Å². The molecule has 0 saturated heterocycles. The average Bonchev–Trinajstić information content (AvgIpc) is 2.99. The summed E-state index contributed by atoms with van der Waals surface area (Å²) in [7, 11) is 4.44. The van der Waals surface area contributed by atoms with Crippen molar-refractivity contribution in [3.8, 4) is 5.75 Å². The van der Waals surface area contributed by atoms with E-state index >= 15 is 0 Å². The quantitative estimate of drug-likeness (QED) is 0.136. The van der Waals surface area contributed by atoms with Gasteiger partial charge in [-0.15, -0.1) is 0 Å². The lowest BCUT2D eigenvalue weighted by molar-refractivity contribution is -0.141. The largest absolute Gasteiger partial charge is 0.497 e. The fourth-order valence-electron chi connectivity index (χ4n) is 4.77. The van der Waals surface area contributed by atoms with Gasteiger partial charge < -0.3 is 23.4 Å². The normalized spacial score (nSPS) is 11.5. The Hall–Kier alpha value is -4.17. The number of methoxy groups -OCH3 is 3. The van der Waals surface area contributed by atoms with Crippen molar-refractivity contribution in [2.24, 2.45) is 0 Å². The molecule has 7 nitrogen and oxygen atoms in total. The summed E-state index contributed by atoms with van der Waals surface area (Å²) in [5, 5.41) is 1.99. The number of anilines is 2. The minimum Gasteiger partial charge on any atom is -0.497 e. The van der Waals surface area contributed by atoms with Crippen LogP contribution in [0.15, 0.2) is 89.8 Å². The minimum absolute atomic E-state index is 0.0578. The molecule has 0 spiro atoms. The van der Waals surface area contributed by atoms with Crippen LogP contribution >= 0.6 is 11.9 Å². The first-order valence-electron chi connectivity index (χ1n) is 13.4. The lowest BCUT2D eigenvalue weighted by Gasteiger charge is -2.33. The van der Waals surface area contributed by atoms with E-state index in [0.717, 1.165) is 38.4 Å². The topological polar surface area (TPSA) is 68.3 Å². The molecule has 0 heterocycles. The highest BCUT2D eigenvalue weighted by atomic mass is 32.2. The molecule has 0 aliphatic carbocycles. The first-order chi connectivity index (χ1) is 19.8. The predicted octanol–water partition coefficient (Wildman–Crippen LogP) is 6.80. The second-order valence-corrected chi connectivity index (χ2v) is 10.9. The van der Waals surface area contributed by atoms with Crippen molar-refractivity contribution in [1.29, 1.82) is 0 Å². The van der Waals surface area contributed by atoms with Crippen LogP contribution in [0.4, 0.5) is 11.4 Å². The van der Waals surface area contributed by atoms with E-state index in [2.05, 4.69) is 54.3 Å². The van der Waals surface area contributed by atoms with E-state index in [4.69, 9.17) is 14.2 Å². The van der Waals surface area contributed by atoms with Crippen LogP contribution in [-0.4, -0.2) is 45.9 Å². The standard InChI is InChI=1S/C33H36N2O5S/c1-23-9-8-10-25(19-23)21-34(24(2)20-32(36)39-4)30-17-18-31(29-12-7-6-11-28(29)30)35(22-33(37)40-5)41-27-15-13-26(38-3)14-16-27/h6-19,24H,20-22H2,1-5H3. The van der Waals surface area contributed by atoms with E-state index in [-0.39, 0.29) is 30.9 Å². The molecule has 0 fully saturated rings. The van der Waals surface area contributed by atoms with Crippen molar-refractivity contribution in [2.75, 3.05) is 37.1 Å². The van der Waals surface area contributed by atoms with Gasteiger partial charge >= 0.3 is 11.9 Å². The molecule has 8 heteroatoms. The number of hydrogen-bond donors (Lipinski definition) is 0. The van der Waals surface area contributed by atoms with Gasteiger partial charge in [0.25, 0.3) is 0 Å². The Balaban J connectivity index is 1.79. The van der Waals surface area contributed by atoms with Gasteiger partial charge in [0.2, 0.25) is 0 Å². The van der Waals surface area contributed by atoms with E-state index in [1.807, 2.05) is 53.7 Å². The van der Waals surface area contributed by atoms with E-state index in [0.29, 0.717) is 6.54 Å². The third kappa shape index (κ3) is 7.52. The lowest BCUT2D eigenvalue weighted by atomic mass is 10.0. The van der Waals surface area contributed by atoms with E-state index < -0.39 is 0 Å². The number of hydrogen-bond acceptors (Lipinski definition) is 8. The maximum Gasteiger partial charge on any atom is 0.326 e. The second kappa shape index (κ2) is 13.9. The second-order valence-electron chi connectivity index (χ2n) is 9.78. The van der Waals surface area contributed by atoms with Gasteiger partial charge in [0.15, 0.2) is 0 Å². The smallest absolute Gasteiger partial charge is 0.326 e. The van der Waals surface area contributed by atoms with Gasteiger partial charge in [0, 0.05) is 33.9 Å². The van der Waals surface area contributed by atoms with Crippen molar-refractivity contribution < 1.29 is 23.8 Å². The van der Waals surface area contributed by atoms with E-state index in [1.165, 1.54) is 31.7 Å². The van der Waals surface area contributed by atoms with Crippen molar-refractivity contribution in [3.05, 3.63) is 96.1 Å². The van der Waals surface area contributed by atoms with Gasteiger partial charge in [-0.3, -0.25) is 9.59 Å². The van der Waals surface area contributed by atoms with E-state index in [1.54, 1.807) is 7.11 Å². The van der Waals surface area contributed by atoms with Gasteiger partial charge in [-0.2, -0.15) is 0 Å². The fourth-order valence-corrected chi connectivity index (χ4v) is 5.71. The molecule has 0 aliphatic heterocycles. The SMILES string of the molecule is COC(=O)CC(C)N(Cc1cccc(C)c1)c1ccc(N(CC(=O)OC)Sc2ccc(OC)cc2)c2ccccc12. The van der Waals surface area contributed by atoms with E-state index in [9.17, 15) is 9.59 Å². The summed E-state index contributed by atoms with van der Waals surface area (Å²) in [6.45, 7) is 4.79. The summed E-state index contributed by atoms with van der Waals surface area (Å²) in [6.07, 6.45) is 0.250. The highest BCUT2D eigenvalue weighted by Gasteiger charge is 2.23. The molecule has 0 aromatic heterocycles. The van der Waals surface area contributed by atoms with Gasteiger partial charge in [-0.05, 0) is 67.8 Å². The minimum atomic E-state index is -0.341. The van der Waals surface area contributed by atoms with Crippen LogP contribution in [0.1, 0.15) is 24.5 Å². The van der Waals surface area contributed by atoms with Crippen LogP contribution in [-0.2, 0) is 25.6 Å². The Labute approximate surface area is 246 Å². The first-order valence-corrected chi connectivity index (χ1v) is 14.2. The Kier molecular flexibility index (Phi) is 10.1. The first kappa shape index (κ1) is 29.8. The highest BCUT2D eigenvalue weighted by molar-refractivity contribution is 8.00. The molecule has 4 aromatic carbocycles. The molecule has 41 heavy (non-hydrogen) atoms. The fraction of sp³-hybridized carbons (Fsp3) is 0.273. The van der Waals surface area contributed by atoms with Crippen LogP contribution < -0.4 is 13.9 Å². The number of rotatable bonds is 12. The van der Waals surface area contributed by atoms with Gasteiger partial charge in [0.1, 0.15) is 12.3 Å². The molecule has 0 saturated carbocycles. The van der Waals surface area contributed by atoms with Crippen LogP contribution in [0.2, 0.25) is 0 Å². The summed E-state index contributed by atoms with van der Waals surface area (Å²) < 4.78 is 17.3. The van der Waals surface area contributed by atoms with Gasteiger partial charge in [0.05, 0.1) is 33.4 Å². The molecule has 4 rings (SSSR count). The number of ether oxygens (including phenoxy) is 3. The number of aryl methyl sites for hydroxylation is 1. The van der Waals surface area contributed by atoms with Crippen LogP contribution in [0.25, 0.3) is 10.8 Å². The summed E-state index contributed by atoms with van der Waals surface area (Å²) in [6, 6.07) is 28.2. The highest BCUT2D eigenvalue weighted by Crippen LogP contribution is 2.40. The predicted molar refractivity (Wildman–Crippen MR) is 166 cm³/mol. The molecule has 1 unspecified atom stereocenters. The number of nitrogens with zero attached hydrogens (tertiary/aromatic N) is 2. The molecule has 0 N–H and O–H groups in total. The maximum absolute atomic E-state index is 12.5. The third-order valence-electron chi connectivity index (χ3n) is 6.89. The monoisotopic (exact) mass is 572 g/mol. The van der Waals surface area contributed by atoms with Crippen molar-refractivity contribution in [2.45, 2.75) is 37.8 Å². The Morgan fingerprint density at radius 1 is 0.805 bits per heavy atom. The molecule has 0 amide bonds. The molecular weight excluding hydrogens is 536 g/mol. The molecule has 0 bridgehead atoms. The van der Waals surface area contributed by atoms with Crippen molar-refractivity contribution in [1.82, 2.24) is 0 Å². The summed E-state index contributed by atoms with van der Waals surface area (Å²) in [5.74, 6) is 0.165. The number of carbonyl (C=O) groups is 2. The molecule has 214 valence electrons. The zero-order valence-corrected chi connectivity index (χ0v) is 24.9. The number of carbonyl (C=O) groups excluding carboxylic acids is 2. The Morgan fingerprint density at radius 2 is 1.46 bits per heavy atom. The van der Waals surface area contributed by atoms with Crippen LogP contribution in [0.3, 0.4) is 0 Å². The summed E-state index contributed by atoms with van der Waals surface area (Å²) in [5.41, 5.74) is 4.20. The zero-order valence-electron chi connectivity index (χ0n) is 24.1. The number of benzene rings is 4. The molecular formula is C33H36N2O5S. The zero-order chi connectivity index (χ0) is 29.4. The third-order valence-corrected chi connectivity index (χ3v) is 7.92. The Bertz CT molecular complexity index is 1490. The number of fused-ring (bicyclic) bond motifs is 1. The lowest BCUT2D eigenvalue weighted by Crippen LogP contribution is -2.35. The number of esters is 2. The van der Waals surface area contributed by atoms with Crippen molar-refractivity contribution in [3.63, 3.8) is 0 Å². The molecule has 1 atom stereocenters. The average molecular weight is 573 g/mol. The summed E-state index contributed by atoms with van der Waals surface area (Å²) in [4.78, 5) is 28.0. The van der Waals surface area contributed by atoms with Gasteiger partial charge in [-0.25, -0.2) is 0 Å². The molecule has 0 radical (unpaired) electrons. The molecule has 4 aromatic rings. The van der Waals surface area contributed by atoms with Gasteiger partial charge in [-0.1, -0.05) is 54.1 Å². The van der Waals surface area contributed by atoms with Crippen LogP contribution in [0, 0.1) is 6.92 Å². The van der Waals surface area contributed by atoms with Crippen molar-refractivity contribution >= 4 is 46.0 Å².